The molecule has 0 aliphatic heterocycles. The number of thiazole rings is 1. The molecule has 3 aromatic heterocycles. The molecule has 0 N–H and O–H groups in total. The predicted molar refractivity (Wildman–Crippen MR) is 86.4 cm³/mol. The van der Waals surface area contributed by atoms with Crippen LogP contribution in [0.4, 0.5) is 0 Å². The Morgan fingerprint density at radius 1 is 1.32 bits per heavy atom. The lowest BCUT2D eigenvalue weighted by atomic mass is 10.2. The molecule has 1 aliphatic rings. The Kier molecular flexibility index (Phi) is 3.42. The van der Waals surface area contributed by atoms with E-state index in [9.17, 15) is 4.79 Å². The van der Waals surface area contributed by atoms with Crippen LogP contribution in [0.2, 0.25) is 0 Å². The predicted octanol–water partition coefficient (Wildman–Crippen LogP) is 4.15. The summed E-state index contributed by atoms with van der Waals surface area (Å²) in [7, 11) is 0. The fourth-order valence-corrected chi connectivity index (χ4v) is 4.15. The van der Waals surface area contributed by atoms with E-state index < -0.39 is 0 Å². The summed E-state index contributed by atoms with van der Waals surface area (Å²) >= 11 is 1.72. The van der Waals surface area contributed by atoms with Crippen molar-refractivity contribution in [3.05, 3.63) is 52.7 Å². The summed E-state index contributed by atoms with van der Waals surface area (Å²) < 4.78 is 7.28. The van der Waals surface area contributed by atoms with Gasteiger partial charge in [-0.15, -0.1) is 11.3 Å². The highest BCUT2D eigenvalue weighted by Gasteiger charge is 2.20. The van der Waals surface area contributed by atoms with Gasteiger partial charge in [-0.2, -0.15) is 0 Å². The third kappa shape index (κ3) is 2.31. The molecule has 3 aromatic rings. The molecule has 0 saturated heterocycles. The first-order valence-corrected chi connectivity index (χ1v) is 8.38. The van der Waals surface area contributed by atoms with Crippen molar-refractivity contribution >= 4 is 28.2 Å². The number of ketones is 1. The number of imidazole rings is 1. The van der Waals surface area contributed by atoms with Crippen molar-refractivity contribution in [2.45, 2.75) is 32.1 Å². The molecule has 112 valence electrons. The van der Waals surface area contributed by atoms with E-state index in [1.165, 1.54) is 29.8 Å². The number of nitrogens with zero attached hydrogens (tertiary/aromatic N) is 2. The number of rotatable bonds is 3. The van der Waals surface area contributed by atoms with E-state index in [1.54, 1.807) is 42.0 Å². The SMILES string of the molecule is O=C(C=Cc1ccco1)c1cnc2sc3c(n12)CCCCC3. The van der Waals surface area contributed by atoms with Crippen molar-refractivity contribution < 1.29 is 9.21 Å². The van der Waals surface area contributed by atoms with Crippen molar-refractivity contribution in [3.63, 3.8) is 0 Å². The quantitative estimate of drug-likeness (QED) is 0.414. The van der Waals surface area contributed by atoms with Crippen LogP contribution in [0.5, 0.6) is 0 Å². The summed E-state index contributed by atoms with van der Waals surface area (Å²) in [6.07, 6.45) is 12.4. The van der Waals surface area contributed by atoms with Crippen molar-refractivity contribution in [2.24, 2.45) is 0 Å². The Hall–Kier alpha value is -2.14. The zero-order chi connectivity index (χ0) is 14.9. The first-order valence-electron chi connectivity index (χ1n) is 7.57. The topological polar surface area (TPSA) is 47.5 Å². The van der Waals surface area contributed by atoms with Crippen LogP contribution in [-0.2, 0) is 12.8 Å². The smallest absolute Gasteiger partial charge is 0.204 e. The van der Waals surface area contributed by atoms with Gasteiger partial charge < -0.3 is 4.42 Å². The van der Waals surface area contributed by atoms with Crippen LogP contribution < -0.4 is 0 Å². The molecule has 0 radical (unpaired) electrons. The zero-order valence-electron chi connectivity index (χ0n) is 12.1. The second-order valence-corrected chi connectivity index (χ2v) is 6.57. The Balaban J connectivity index is 1.72. The highest BCUT2D eigenvalue weighted by Crippen LogP contribution is 2.30. The highest BCUT2D eigenvalue weighted by molar-refractivity contribution is 7.17. The fraction of sp³-hybridized carbons (Fsp3) is 0.294. The molecule has 0 atom stereocenters. The lowest BCUT2D eigenvalue weighted by Crippen LogP contribution is -2.03. The number of hydrogen-bond acceptors (Lipinski definition) is 4. The third-order valence-electron chi connectivity index (χ3n) is 4.05. The molecular weight excluding hydrogens is 296 g/mol. The fourth-order valence-electron chi connectivity index (χ4n) is 2.97. The second-order valence-electron chi connectivity index (χ2n) is 5.51. The molecule has 0 saturated carbocycles. The maximum Gasteiger partial charge on any atom is 0.204 e. The molecule has 5 heteroatoms. The number of carbonyl (C=O) groups is 1. The van der Waals surface area contributed by atoms with Crippen molar-refractivity contribution in [3.8, 4) is 0 Å². The van der Waals surface area contributed by atoms with Gasteiger partial charge in [-0.1, -0.05) is 6.42 Å². The number of aromatic nitrogens is 2. The van der Waals surface area contributed by atoms with Gasteiger partial charge in [0.05, 0.1) is 12.5 Å². The van der Waals surface area contributed by atoms with Crippen molar-refractivity contribution in [1.29, 1.82) is 0 Å². The number of hydrogen-bond donors (Lipinski definition) is 0. The molecule has 0 fully saturated rings. The van der Waals surface area contributed by atoms with E-state index in [0.717, 1.165) is 17.8 Å². The van der Waals surface area contributed by atoms with E-state index in [2.05, 4.69) is 9.38 Å². The van der Waals surface area contributed by atoms with Crippen LogP contribution in [-0.4, -0.2) is 15.2 Å². The molecule has 4 nitrogen and oxygen atoms in total. The Morgan fingerprint density at radius 3 is 3.09 bits per heavy atom. The normalized spacial score (nSPS) is 15.3. The zero-order valence-corrected chi connectivity index (χ0v) is 12.9. The van der Waals surface area contributed by atoms with Crippen molar-refractivity contribution in [2.75, 3.05) is 0 Å². The maximum atomic E-state index is 12.5. The molecule has 0 bridgehead atoms. The van der Waals surface area contributed by atoms with Gasteiger partial charge in [0, 0.05) is 10.6 Å². The van der Waals surface area contributed by atoms with Gasteiger partial charge in [0.1, 0.15) is 11.5 Å². The number of fused-ring (bicyclic) bond motifs is 3. The van der Waals surface area contributed by atoms with E-state index >= 15 is 0 Å². The van der Waals surface area contributed by atoms with Crippen molar-refractivity contribution in [1.82, 2.24) is 9.38 Å². The molecular formula is C17H16N2O2S. The number of furan rings is 1. The van der Waals surface area contributed by atoms with E-state index in [1.807, 2.05) is 6.07 Å². The van der Waals surface area contributed by atoms with Gasteiger partial charge in [-0.25, -0.2) is 4.98 Å². The average Bonchev–Trinajstić information content (AvgIpc) is 3.20. The van der Waals surface area contributed by atoms with Gasteiger partial charge >= 0.3 is 0 Å². The first kappa shape index (κ1) is 13.5. The average molecular weight is 312 g/mol. The Morgan fingerprint density at radius 2 is 2.23 bits per heavy atom. The van der Waals surface area contributed by atoms with E-state index in [4.69, 9.17) is 4.42 Å². The minimum atomic E-state index is -0.0336. The monoisotopic (exact) mass is 312 g/mol. The van der Waals surface area contributed by atoms with Gasteiger partial charge in [0.25, 0.3) is 0 Å². The Labute approximate surface area is 132 Å². The molecule has 0 spiro atoms. The molecule has 0 aromatic carbocycles. The van der Waals surface area contributed by atoms with Gasteiger partial charge in [0.2, 0.25) is 5.78 Å². The van der Waals surface area contributed by atoms with Crippen LogP contribution in [0.3, 0.4) is 0 Å². The summed E-state index contributed by atoms with van der Waals surface area (Å²) in [4.78, 5) is 19.2. The first-order chi connectivity index (χ1) is 10.8. The van der Waals surface area contributed by atoms with Crippen LogP contribution in [0.1, 0.15) is 46.1 Å². The van der Waals surface area contributed by atoms with Gasteiger partial charge in [-0.05, 0) is 50.0 Å². The lowest BCUT2D eigenvalue weighted by molar-refractivity contribution is 0.104. The molecule has 0 amide bonds. The number of aryl methyl sites for hydroxylation is 2. The van der Waals surface area contributed by atoms with Crippen LogP contribution in [0, 0.1) is 0 Å². The van der Waals surface area contributed by atoms with Crippen LogP contribution in [0.15, 0.2) is 35.1 Å². The molecule has 4 rings (SSSR count). The lowest BCUT2D eigenvalue weighted by Gasteiger charge is -2.01. The summed E-state index contributed by atoms with van der Waals surface area (Å²) in [6.45, 7) is 0. The summed E-state index contributed by atoms with van der Waals surface area (Å²) in [5.41, 5.74) is 1.93. The molecule has 3 heterocycles. The maximum absolute atomic E-state index is 12.5. The van der Waals surface area contributed by atoms with Gasteiger partial charge in [-0.3, -0.25) is 9.20 Å². The van der Waals surface area contributed by atoms with E-state index in [-0.39, 0.29) is 5.78 Å². The number of carbonyl (C=O) groups excluding carboxylic acids is 1. The number of allylic oxidation sites excluding steroid dienone is 1. The third-order valence-corrected chi connectivity index (χ3v) is 5.20. The van der Waals surface area contributed by atoms with Crippen LogP contribution in [0.25, 0.3) is 11.0 Å². The second kappa shape index (κ2) is 5.57. The molecule has 1 aliphatic carbocycles. The Bertz CT molecular complexity index is 840. The highest BCUT2D eigenvalue weighted by atomic mass is 32.1. The minimum absolute atomic E-state index is 0.0336. The van der Waals surface area contributed by atoms with Gasteiger partial charge in [0.15, 0.2) is 4.96 Å². The standard InChI is InChI=1S/C17H16N2O2S/c20-15(9-8-12-5-4-10-21-12)14-11-18-17-19(14)13-6-2-1-3-7-16(13)22-17/h4-5,8-11H,1-3,6-7H2. The summed E-state index contributed by atoms with van der Waals surface area (Å²) in [5, 5.41) is 0. The van der Waals surface area contributed by atoms with Crippen LogP contribution >= 0.6 is 11.3 Å². The molecule has 0 unspecified atom stereocenters. The summed E-state index contributed by atoms with van der Waals surface area (Å²) in [5.74, 6) is 0.645. The minimum Gasteiger partial charge on any atom is -0.465 e. The largest absolute Gasteiger partial charge is 0.465 e. The van der Waals surface area contributed by atoms with E-state index in [0.29, 0.717) is 11.5 Å². The molecule has 22 heavy (non-hydrogen) atoms. The summed E-state index contributed by atoms with van der Waals surface area (Å²) in [6, 6.07) is 3.63.